The predicted molar refractivity (Wildman–Crippen MR) is 69.6 cm³/mol. The molecule has 0 spiro atoms. The largest absolute Gasteiger partial charge is 0.325 e. The number of hydrazine groups is 1. The normalized spacial score (nSPS) is 10.7. The van der Waals surface area contributed by atoms with Crippen molar-refractivity contribution < 1.29 is 18.0 Å². The number of carbonyl (C=O) groups excluding carboxylic acids is 2. The van der Waals surface area contributed by atoms with E-state index in [1.54, 1.807) is 0 Å². The summed E-state index contributed by atoms with van der Waals surface area (Å²) in [6, 6.07) is 4.30. The van der Waals surface area contributed by atoms with E-state index in [-0.39, 0.29) is 16.3 Å². The smallest absolute Gasteiger partial charge is 0.242 e. The Morgan fingerprint density at radius 2 is 1.68 bits per heavy atom. The Labute approximate surface area is 110 Å². The molecule has 0 atom stereocenters. The topological polar surface area (TPSA) is 130 Å². The van der Waals surface area contributed by atoms with E-state index in [2.05, 4.69) is 16.2 Å². The molecule has 0 unspecified atom stereocenters. The van der Waals surface area contributed by atoms with Crippen molar-refractivity contribution in [1.29, 1.82) is 0 Å². The summed E-state index contributed by atoms with van der Waals surface area (Å²) in [5.41, 5.74) is 4.75. The molecule has 1 aromatic rings. The first-order valence-electron chi connectivity index (χ1n) is 5.18. The molecule has 1 aromatic carbocycles. The number of sulfonamides is 1. The van der Waals surface area contributed by atoms with Gasteiger partial charge in [0.2, 0.25) is 21.8 Å². The lowest BCUT2D eigenvalue weighted by Crippen LogP contribution is -2.28. The average molecular weight is 286 g/mol. The Morgan fingerprint density at radius 1 is 1.11 bits per heavy atom. The monoisotopic (exact) mass is 286 g/mol. The Balaban J connectivity index is 3.30. The van der Waals surface area contributed by atoms with Crippen molar-refractivity contribution in [3.63, 3.8) is 0 Å². The third-order valence-corrected chi connectivity index (χ3v) is 2.99. The van der Waals surface area contributed by atoms with E-state index >= 15 is 0 Å². The van der Waals surface area contributed by atoms with Gasteiger partial charge >= 0.3 is 0 Å². The number of anilines is 2. The molecule has 104 valence electrons. The van der Waals surface area contributed by atoms with Crippen LogP contribution in [0.2, 0.25) is 0 Å². The standard InChI is InChI=1S/C10H14N4O4S/c1-6(15)12-8-4-3-5-9(14-13-7(2)16)10(8)19(11,17)18/h3-5,14H,1-2H3,(H,12,15)(H,13,16)(H2,11,17,18). The van der Waals surface area contributed by atoms with Crippen LogP contribution in [0.3, 0.4) is 0 Å². The van der Waals surface area contributed by atoms with Crippen LogP contribution in [0.5, 0.6) is 0 Å². The summed E-state index contributed by atoms with van der Waals surface area (Å²) in [5, 5.41) is 7.47. The molecule has 0 aromatic heterocycles. The van der Waals surface area contributed by atoms with E-state index in [1.165, 1.54) is 32.0 Å². The van der Waals surface area contributed by atoms with Crippen molar-refractivity contribution in [2.24, 2.45) is 5.14 Å². The van der Waals surface area contributed by atoms with Crippen LogP contribution in [0, 0.1) is 0 Å². The maximum atomic E-state index is 11.6. The summed E-state index contributed by atoms with van der Waals surface area (Å²) in [6.45, 7) is 2.49. The third-order valence-electron chi connectivity index (χ3n) is 1.98. The van der Waals surface area contributed by atoms with Gasteiger partial charge in [0.25, 0.3) is 0 Å². The highest BCUT2D eigenvalue weighted by molar-refractivity contribution is 7.89. The number of rotatable bonds is 4. The van der Waals surface area contributed by atoms with Crippen LogP contribution in [0.1, 0.15) is 13.8 Å². The van der Waals surface area contributed by atoms with E-state index in [4.69, 9.17) is 5.14 Å². The van der Waals surface area contributed by atoms with Crippen molar-refractivity contribution in [3.8, 4) is 0 Å². The van der Waals surface area contributed by atoms with Crippen molar-refractivity contribution in [3.05, 3.63) is 18.2 Å². The summed E-state index contributed by atoms with van der Waals surface area (Å²) in [5.74, 6) is -0.855. The minimum absolute atomic E-state index is 0.0327. The van der Waals surface area contributed by atoms with Gasteiger partial charge in [-0.25, -0.2) is 13.6 Å². The zero-order chi connectivity index (χ0) is 14.6. The molecule has 0 fully saturated rings. The zero-order valence-electron chi connectivity index (χ0n) is 10.4. The molecule has 0 heterocycles. The molecule has 19 heavy (non-hydrogen) atoms. The molecule has 0 aliphatic heterocycles. The van der Waals surface area contributed by atoms with Crippen LogP contribution in [-0.2, 0) is 19.6 Å². The second-order valence-corrected chi connectivity index (χ2v) is 5.21. The molecular weight excluding hydrogens is 272 g/mol. The van der Waals surface area contributed by atoms with Gasteiger partial charge in [-0.2, -0.15) is 0 Å². The maximum absolute atomic E-state index is 11.6. The molecule has 0 aliphatic carbocycles. The molecule has 8 nitrogen and oxygen atoms in total. The summed E-state index contributed by atoms with van der Waals surface area (Å²) in [7, 11) is -4.09. The summed E-state index contributed by atoms with van der Waals surface area (Å²) >= 11 is 0. The van der Waals surface area contributed by atoms with Gasteiger partial charge in [-0.05, 0) is 12.1 Å². The molecule has 5 N–H and O–H groups in total. The van der Waals surface area contributed by atoms with Crippen molar-refractivity contribution >= 4 is 33.2 Å². The van der Waals surface area contributed by atoms with Gasteiger partial charge in [-0.15, -0.1) is 0 Å². The van der Waals surface area contributed by atoms with Crippen LogP contribution >= 0.6 is 0 Å². The Morgan fingerprint density at radius 3 is 2.16 bits per heavy atom. The number of nitrogens with two attached hydrogens (primary N) is 1. The van der Waals surface area contributed by atoms with Crippen LogP contribution in [0.4, 0.5) is 11.4 Å². The van der Waals surface area contributed by atoms with E-state index in [9.17, 15) is 18.0 Å². The molecular formula is C10H14N4O4S. The van der Waals surface area contributed by atoms with Crippen LogP contribution < -0.4 is 21.3 Å². The quantitative estimate of drug-likeness (QED) is 0.567. The summed E-state index contributed by atoms with van der Waals surface area (Å²) < 4.78 is 23.1. The molecule has 0 saturated heterocycles. The number of hydrogen-bond acceptors (Lipinski definition) is 5. The number of amides is 2. The number of nitrogens with one attached hydrogen (secondary N) is 3. The van der Waals surface area contributed by atoms with E-state index < -0.39 is 21.8 Å². The Kier molecular flexibility index (Phi) is 4.46. The van der Waals surface area contributed by atoms with Gasteiger partial charge in [0.15, 0.2) is 0 Å². The van der Waals surface area contributed by atoms with E-state index in [0.29, 0.717) is 0 Å². The fourth-order valence-electron chi connectivity index (χ4n) is 1.39. The average Bonchev–Trinajstić information content (AvgIpc) is 2.23. The van der Waals surface area contributed by atoms with Gasteiger partial charge in [0, 0.05) is 13.8 Å². The first kappa shape index (κ1) is 14.9. The first-order valence-corrected chi connectivity index (χ1v) is 6.72. The molecule has 0 saturated carbocycles. The molecule has 1 rings (SSSR count). The van der Waals surface area contributed by atoms with Gasteiger partial charge in [0.05, 0.1) is 11.4 Å². The summed E-state index contributed by atoms with van der Waals surface area (Å²) in [6.07, 6.45) is 0. The minimum Gasteiger partial charge on any atom is -0.325 e. The minimum atomic E-state index is -4.09. The fraction of sp³-hybridized carbons (Fsp3) is 0.200. The van der Waals surface area contributed by atoms with E-state index in [1.807, 2.05) is 0 Å². The molecule has 0 aliphatic rings. The molecule has 0 bridgehead atoms. The lowest BCUT2D eigenvalue weighted by atomic mass is 10.2. The highest BCUT2D eigenvalue weighted by atomic mass is 32.2. The SMILES string of the molecule is CC(=O)NNc1cccc(NC(C)=O)c1S(N)(=O)=O. The number of benzene rings is 1. The number of primary sulfonamides is 1. The van der Waals surface area contributed by atoms with Crippen molar-refractivity contribution in [1.82, 2.24) is 5.43 Å². The highest BCUT2D eigenvalue weighted by Gasteiger charge is 2.19. The lowest BCUT2D eigenvalue weighted by molar-refractivity contribution is -0.118. The molecule has 9 heteroatoms. The van der Waals surface area contributed by atoms with Crippen LogP contribution in [0.15, 0.2) is 23.1 Å². The third kappa shape index (κ3) is 4.23. The molecule has 2 amide bonds. The van der Waals surface area contributed by atoms with Gasteiger partial charge in [-0.1, -0.05) is 6.07 Å². The fourth-order valence-corrected chi connectivity index (χ4v) is 2.24. The zero-order valence-corrected chi connectivity index (χ0v) is 11.2. The molecule has 0 radical (unpaired) electrons. The predicted octanol–water partition coefficient (Wildman–Crippen LogP) is -0.245. The number of hydrogen-bond donors (Lipinski definition) is 4. The van der Waals surface area contributed by atoms with Gasteiger partial charge in [-0.3, -0.25) is 20.4 Å². The van der Waals surface area contributed by atoms with Gasteiger partial charge < -0.3 is 5.32 Å². The van der Waals surface area contributed by atoms with Crippen LogP contribution in [0.25, 0.3) is 0 Å². The van der Waals surface area contributed by atoms with Crippen molar-refractivity contribution in [2.45, 2.75) is 18.7 Å². The van der Waals surface area contributed by atoms with E-state index in [0.717, 1.165) is 0 Å². The number of carbonyl (C=O) groups is 2. The van der Waals surface area contributed by atoms with Crippen LogP contribution in [-0.4, -0.2) is 20.2 Å². The second kappa shape index (κ2) is 5.67. The second-order valence-electron chi connectivity index (χ2n) is 3.71. The summed E-state index contributed by atoms with van der Waals surface area (Å²) in [4.78, 5) is 21.5. The highest BCUT2D eigenvalue weighted by Crippen LogP contribution is 2.28. The Bertz CT molecular complexity index is 612. The van der Waals surface area contributed by atoms with Gasteiger partial charge in [0.1, 0.15) is 4.90 Å². The first-order chi connectivity index (χ1) is 8.71. The lowest BCUT2D eigenvalue weighted by Gasteiger charge is -2.14. The Hall–Kier alpha value is -2.13. The van der Waals surface area contributed by atoms with Crippen molar-refractivity contribution in [2.75, 3.05) is 10.7 Å². The maximum Gasteiger partial charge on any atom is 0.242 e.